The molecular formula is C55H35BN6. The van der Waals surface area contributed by atoms with E-state index in [0.717, 1.165) is 82.7 Å². The summed E-state index contributed by atoms with van der Waals surface area (Å²) in [5.41, 5.74) is 14.9. The number of nitriles is 2. The number of aromatic nitrogens is 4. The van der Waals surface area contributed by atoms with Crippen LogP contribution in [0.2, 0.25) is 0 Å². The number of para-hydroxylation sites is 2. The molecule has 0 unspecified atom stereocenters. The third-order valence-electron chi connectivity index (χ3n) is 12.3. The molecule has 0 amide bonds. The van der Waals surface area contributed by atoms with Crippen LogP contribution in [-0.2, 0) is 0 Å². The number of nitrogens with zero attached hydrogens (tertiary/aromatic N) is 6. The van der Waals surface area contributed by atoms with Crippen molar-refractivity contribution in [1.82, 2.24) is 19.5 Å². The summed E-state index contributed by atoms with van der Waals surface area (Å²) < 4.78 is 2.18. The van der Waals surface area contributed by atoms with Gasteiger partial charge in [-0.1, -0.05) is 180 Å². The molecule has 0 atom stereocenters. The summed E-state index contributed by atoms with van der Waals surface area (Å²) in [6.45, 7) is 3.83. The van der Waals surface area contributed by atoms with Gasteiger partial charge in [0.15, 0.2) is 17.5 Å². The summed E-state index contributed by atoms with van der Waals surface area (Å²) in [6, 6.07) is 64.9. The van der Waals surface area contributed by atoms with Crippen LogP contribution in [0, 0.1) is 36.5 Å². The van der Waals surface area contributed by atoms with E-state index in [1.165, 1.54) is 0 Å². The van der Waals surface area contributed by atoms with Crippen molar-refractivity contribution in [3.8, 4) is 74.2 Å². The molecule has 7 heteroatoms. The topological polar surface area (TPSA) is 91.2 Å². The lowest BCUT2D eigenvalue weighted by atomic mass is 9.33. The van der Waals surface area contributed by atoms with Gasteiger partial charge in [0.1, 0.15) is 6.07 Å². The molecule has 0 radical (unpaired) electrons. The van der Waals surface area contributed by atoms with Crippen LogP contribution < -0.4 is 16.4 Å². The Hall–Kier alpha value is -8.39. The maximum Gasteiger partial charge on any atom is 0.246 e. The highest BCUT2D eigenvalue weighted by atomic mass is 15.1. The molecule has 6 nitrogen and oxygen atoms in total. The van der Waals surface area contributed by atoms with Gasteiger partial charge >= 0.3 is 0 Å². The van der Waals surface area contributed by atoms with E-state index in [2.05, 4.69) is 115 Å². The maximum absolute atomic E-state index is 11.5. The van der Waals surface area contributed by atoms with Crippen molar-refractivity contribution < 1.29 is 0 Å². The van der Waals surface area contributed by atoms with Crippen molar-refractivity contribution in [2.45, 2.75) is 13.8 Å². The first-order chi connectivity index (χ1) is 30.5. The molecule has 288 valence electrons. The smallest absolute Gasteiger partial charge is 0.246 e. The standard InChI is InChI=1S/C55H35BN6/c1-34-17-15-27-44-40-23-9-10-24-41(40)45-28-16-18-35(2)50(45)56(49(34)44)51-38(32-57)31-39(33-58)52(62-46-29-13-11-25-42(46)43-26-12-14-30-47(43)62)48(51)55-60-53(36-19-5-3-6-20-36)59-54(61-55)37-21-7-4-8-22-37/h3-31H,1-2H3. The van der Waals surface area contributed by atoms with Crippen molar-refractivity contribution >= 4 is 44.9 Å². The fourth-order valence-electron chi connectivity index (χ4n) is 9.69. The Morgan fingerprint density at radius 3 is 1.37 bits per heavy atom. The average Bonchev–Trinajstić information content (AvgIpc) is 3.59. The van der Waals surface area contributed by atoms with Crippen molar-refractivity contribution in [2.75, 3.05) is 0 Å². The number of rotatable bonds is 5. The van der Waals surface area contributed by atoms with Gasteiger partial charge in [-0.15, -0.1) is 0 Å². The van der Waals surface area contributed by atoms with Gasteiger partial charge in [-0.25, -0.2) is 15.0 Å². The van der Waals surface area contributed by atoms with Crippen LogP contribution in [0.1, 0.15) is 22.3 Å². The zero-order chi connectivity index (χ0) is 41.9. The van der Waals surface area contributed by atoms with Gasteiger partial charge in [-0.2, -0.15) is 10.5 Å². The third-order valence-corrected chi connectivity index (χ3v) is 12.3. The minimum Gasteiger partial charge on any atom is -0.307 e. The van der Waals surface area contributed by atoms with Crippen molar-refractivity contribution in [3.63, 3.8) is 0 Å². The first-order valence-electron chi connectivity index (χ1n) is 20.7. The van der Waals surface area contributed by atoms with Gasteiger partial charge in [-0.05, 0) is 59.8 Å². The summed E-state index contributed by atoms with van der Waals surface area (Å²) in [5, 5.41) is 25.0. The van der Waals surface area contributed by atoms with Gasteiger partial charge in [0.25, 0.3) is 0 Å². The van der Waals surface area contributed by atoms with Crippen LogP contribution >= 0.6 is 0 Å². The molecule has 0 saturated heterocycles. The summed E-state index contributed by atoms with van der Waals surface area (Å²) in [7, 11) is 0. The van der Waals surface area contributed by atoms with Crippen molar-refractivity contribution in [3.05, 3.63) is 198 Å². The van der Waals surface area contributed by atoms with Crippen LogP contribution in [0.15, 0.2) is 176 Å². The zero-order valence-electron chi connectivity index (χ0n) is 34.0. The van der Waals surface area contributed by atoms with Gasteiger partial charge in [-0.3, -0.25) is 0 Å². The summed E-state index contributed by atoms with van der Waals surface area (Å²) in [4.78, 5) is 15.9. The van der Waals surface area contributed by atoms with Gasteiger partial charge < -0.3 is 4.57 Å². The zero-order valence-corrected chi connectivity index (χ0v) is 34.0. The van der Waals surface area contributed by atoms with E-state index in [9.17, 15) is 10.5 Å². The Kier molecular flexibility index (Phi) is 8.70. The number of benzene rings is 8. The molecule has 3 heterocycles. The molecular weight excluding hydrogens is 755 g/mol. The molecule has 62 heavy (non-hydrogen) atoms. The Morgan fingerprint density at radius 2 is 0.871 bits per heavy atom. The van der Waals surface area contributed by atoms with Crippen LogP contribution in [-0.4, -0.2) is 26.2 Å². The quantitative estimate of drug-likeness (QED) is 0.162. The highest BCUT2D eigenvalue weighted by Gasteiger charge is 2.39. The third kappa shape index (κ3) is 5.68. The summed E-state index contributed by atoms with van der Waals surface area (Å²) in [5.74, 6) is 1.33. The Balaban J connectivity index is 1.39. The molecule has 1 aliphatic rings. The van der Waals surface area contributed by atoms with E-state index >= 15 is 0 Å². The lowest BCUT2D eigenvalue weighted by Gasteiger charge is -2.27. The minimum absolute atomic E-state index is 0.335. The molecule has 0 spiro atoms. The Bertz CT molecular complexity index is 3340. The lowest BCUT2D eigenvalue weighted by Crippen LogP contribution is -2.56. The predicted octanol–water partition coefficient (Wildman–Crippen LogP) is 10.5. The van der Waals surface area contributed by atoms with Crippen molar-refractivity contribution in [2.24, 2.45) is 0 Å². The number of hydrogen-bond acceptors (Lipinski definition) is 5. The first kappa shape index (κ1) is 36.7. The van der Waals surface area contributed by atoms with Crippen LogP contribution in [0.25, 0.3) is 83.9 Å². The number of aryl methyl sites for hydroxylation is 2. The average molecular weight is 791 g/mol. The minimum atomic E-state index is -0.490. The van der Waals surface area contributed by atoms with E-state index in [4.69, 9.17) is 15.0 Å². The predicted molar refractivity (Wildman–Crippen MR) is 251 cm³/mol. The van der Waals surface area contributed by atoms with Crippen LogP contribution in [0.4, 0.5) is 0 Å². The SMILES string of the molecule is Cc1cccc2c1B(c1c(C#N)cc(C#N)c(-n3c4ccccc4c4ccccc43)c1-c1nc(-c3ccccc3)nc(-c3ccccc3)n1)c1c(C)cccc1-c1ccccc1-2. The van der Waals surface area contributed by atoms with E-state index < -0.39 is 6.71 Å². The first-order valence-corrected chi connectivity index (χ1v) is 20.7. The fourth-order valence-corrected chi connectivity index (χ4v) is 9.69. The molecule has 0 N–H and O–H groups in total. The van der Waals surface area contributed by atoms with E-state index in [1.54, 1.807) is 6.07 Å². The van der Waals surface area contributed by atoms with Gasteiger partial charge in [0.2, 0.25) is 6.71 Å². The summed E-state index contributed by atoms with van der Waals surface area (Å²) in [6.07, 6.45) is 0. The number of fused-ring (bicyclic) bond motifs is 8. The van der Waals surface area contributed by atoms with Gasteiger partial charge in [0.05, 0.1) is 28.4 Å². The summed E-state index contributed by atoms with van der Waals surface area (Å²) >= 11 is 0. The molecule has 1 aliphatic heterocycles. The second-order valence-corrected chi connectivity index (χ2v) is 15.8. The van der Waals surface area contributed by atoms with Gasteiger partial charge in [0, 0.05) is 33.0 Å². The Morgan fingerprint density at radius 1 is 0.435 bits per heavy atom. The molecule has 8 aromatic carbocycles. The largest absolute Gasteiger partial charge is 0.307 e. The van der Waals surface area contributed by atoms with E-state index in [-0.39, 0.29) is 0 Å². The van der Waals surface area contributed by atoms with E-state index in [1.807, 2.05) is 84.9 Å². The van der Waals surface area contributed by atoms with E-state index in [0.29, 0.717) is 39.9 Å². The maximum atomic E-state index is 11.5. The second-order valence-electron chi connectivity index (χ2n) is 15.8. The molecule has 2 aromatic heterocycles. The van der Waals surface area contributed by atoms with Crippen molar-refractivity contribution in [1.29, 1.82) is 10.5 Å². The molecule has 0 bridgehead atoms. The highest BCUT2D eigenvalue weighted by molar-refractivity contribution is 6.99. The second kappa shape index (κ2) is 14.7. The Labute approximate surface area is 359 Å². The lowest BCUT2D eigenvalue weighted by molar-refractivity contribution is 1.06. The molecule has 10 aromatic rings. The monoisotopic (exact) mass is 790 g/mol. The molecule has 0 saturated carbocycles. The molecule has 0 fully saturated rings. The highest BCUT2D eigenvalue weighted by Crippen LogP contribution is 2.40. The number of hydrogen-bond donors (Lipinski definition) is 0. The van der Waals surface area contributed by atoms with Crippen LogP contribution in [0.3, 0.4) is 0 Å². The molecule has 11 rings (SSSR count). The normalized spacial score (nSPS) is 11.6. The fraction of sp³-hybridized carbons (Fsp3) is 0.0364. The van der Waals surface area contributed by atoms with Crippen LogP contribution in [0.5, 0.6) is 0 Å². The molecule has 0 aliphatic carbocycles.